The summed E-state index contributed by atoms with van der Waals surface area (Å²) in [7, 11) is 0. The zero-order valence-electron chi connectivity index (χ0n) is 49.8. The first-order valence-corrected chi connectivity index (χ1v) is 34.9. The van der Waals surface area contributed by atoms with Crippen LogP contribution >= 0.6 is 70.2 Å². The second-order valence-electron chi connectivity index (χ2n) is 20.3. The number of unbranched alkanes of at least 4 members (excludes halogenated alkanes) is 7. The molecule has 89 heavy (non-hydrogen) atoms. The second-order valence-corrected chi connectivity index (χ2v) is 27.9. The number of phenolic OH excluding ortho intramolecular Hbond substituents is 3. The molecular formula is C62H73N9O11S7. The number of aromatic nitrogens is 6. The van der Waals surface area contributed by atoms with E-state index in [0.717, 1.165) is 69.5 Å². The third-order valence-electron chi connectivity index (χ3n) is 13.6. The summed E-state index contributed by atoms with van der Waals surface area (Å²) >= 11 is 10.0. The number of thioether (sulfide) groups is 2. The van der Waals surface area contributed by atoms with E-state index in [9.17, 15) is 33.9 Å². The fraction of sp³-hybridized carbons (Fsp3) is 0.355. The smallest absolute Gasteiger partial charge is 0.321 e. The molecule has 0 saturated heterocycles. The molecule has 7 N–H and O–H groups in total. The zero-order valence-corrected chi connectivity index (χ0v) is 55.5. The van der Waals surface area contributed by atoms with E-state index in [1.54, 1.807) is 85.5 Å². The first-order chi connectivity index (χ1) is 43.0. The Labute approximate surface area is 546 Å². The lowest BCUT2D eigenvalue weighted by atomic mass is 9.83. The monoisotopic (exact) mass is 1340 g/mol. The summed E-state index contributed by atoms with van der Waals surface area (Å²) in [6.07, 6.45) is 15.8. The Kier molecular flexibility index (Phi) is 28.4. The van der Waals surface area contributed by atoms with Crippen LogP contribution in [0.2, 0.25) is 0 Å². The number of imidazole rings is 1. The first-order valence-electron chi connectivity index (χ1n) is 29.0. The number of aromatic hydroxyl groups is 3. The summed E-state index contributed by atoms with van der Waals surface area (Å²) in [5, 5.41) is 48.3. The SMILES string of the molecule is CC1C(=O)Nc2c(O)cc(Sc3nnc(SCC(=O)Oc4ccccc4)s3)c(O)c2C1C.CCCCCCCCCCC(Oc1ccc(S(=O)Oc2ccc(O)cc2)cc1)C(=O)NNc1ccc(OC(C)CC)cc1.S=c1[nH]nc(SCCn2ccnc2)s1. The van der Waals surface area contributed by atoms with E-state index in [1.807, 2.05) is 61.3 Å². The van der Waals surface area contributed by atoms with Crippen LogP contribution in [0.1, 0.15) is 110 Å². The van der Waals surface area contributed by atoms with Gasteiger partial charge in [-0.1, -0.05) is 149 Å². The summed E-state index contributed by atoms with van der Waals surface area (Å²) in [5.41, 5.74) is 7.24. The standard InChI is InChI=1S/C34H46N2O6S.C21H19N3O5S3.C7H8N4S3/c1-4-6-7-8-9-10-11-12-13-33(34(38)36-35-27-14-18-29(19-15-27)40-26(3)5-2)41-30-22-24-32(25-23-30)43(39)42-31-20-16-28(37)17-21-31;1-10-11(2)19(28)22-17-13(25)8-14(18(27)16(10)17)31-21-24-23-20(32-21)30-9-15(26)29-12-6-4-3-5-7-12;12-6-9-10-7(14-6)13-4-3-11-2-1-8-5-11/h14-26,33,35,37H,4-13H2,1-3H3,(H,36,38);3-8,10-11,25,27H,9H2,1-2H3,(H,22,28);1-2,5H,3-4H2,(H,9,12). The van der Waals surface area contributed by atoms with Crippen LogP contribution in [-0.4, -0.2) is 91.0 Å². The van der Waals surface area contributed by atoms with Crippen LogP contribution in [-0.2, 0) is 32.0 Å². The predicted octanol–water partition coefficient (Wildman–Crippen LogP) is 14.8. The van der Waals surface area contributed by atoms with Gasteiger partial charge >= 0.3 is 5.97 Å². The molecule has 3 aromatic heterocycles. The van der Waals surface area contributed by atoms with Gasteiger partial charge in [-0.2, -0.15) is 5.10 Å². The van der Waals surface area contributed by atoms with E-state index in [0.29, 0.717) is 47.7 Å². The summed E-state index contributed by atoms with van der Waals surface area (Å²) in [5.74, 6) is 1.71. The lowest BCUT2D eigenvalue weighted by molar-refractivity contribution is -0.131. The minimum Gasteiger partial charge on any atom is -0.508 e. The Morgan fingerprint density at radius 2 is 1.47 bits per heavy atom. The average molecular weight is 1340 g/mol. The molecule has 5 atom stereocenters. The highest BCUT2D eigenvalue weighted by atomic mass is 32.2. The number of anilines is 2. The number of nitrogens with zero attached hydrogens (tertiary/aromatic N) is 5. The number of carbonyl (C=O) groups excluding carboxylic acids is 3. The number of aromatic amines is 1. The molecule has 5 unspecified atom stereocenters. The van der Waals surface area contributed by atoms with Crippen molar-refractivity contribution >= 4 is 110 Å². The van der Waals surface area contributed by atoms with Gasteiger partial charge in [-0.05, 0) is 135 Å². The number of ether oxygens (including phenoxy) is 3. The molecule has 0 spiro atoms. The van der Waals surface area contributed by atoms with Crippen LogP contribution in [0.25, 0.3) is 0 Å². The van der Waals surface area contributed by atoms with Crippen molar-refractivity contribution in [3.05, 3.63) is 137 Å². The molecule has 0 aliphatic carbocycles. The number of phenols is 3. The van der Waals surface area contributed by atoms with Gasteiger partial charge in [0, 0.05) is 36.2 Å². The first kappa shape index (κ1) is 69.3. The maximum atomic E-state index is 13.2. The summed E-state index contributed by atoms with van der Waals surface area (Å²) in [4.78, 5) is 42.1. The van der Waals surface area contributed by atoms with Crippen molar-refractivity contribution < 1.29 is 52.3 Å². The number of H-pyrrole nitrogens is 1. The molecule has 20 nitrogen and oxygen atoms in total. The third-order valence-corrected chi connectivity index (χ3v) is 19.9. The largest absolute Gasteiger partial charge is 0.508 e. The van der Waals surface area contributed by atoms with Crippen LogP contribution in [0.5, 0.6) is 40.2 Å². The quantitative estimate of drug-likeness (QED) is 0.00322. The van der Waals surface area contributed by atoms with E-state index in [1.165, 1.54) is 84.7 Å². The highest BCUT2D eigenvalue weighted by Gasteiger charge is 2.35. The predicted molar refractivity (Wildman–Crippen MR) is 355 cm³/mol. The maximum absolute atomic E-state index is 13.2. The van der Waals surface area contributed by atoms with Gasteiger partial charge in [0.25, 0.3) is 5.91 Å². The van der Waals surface area contributed by atoms with Crippen molar-refractivity contribution in [1.82, 2.24) is 35.4 Å². The number of para-hydroxylation sites is 1. The second kappa shape index (κ2) is 36.5. The molecule has 0 saturated carbocycles. The van der Waals surface area contributed by atoms with Crippen molar-refractivity contribution in [2.45, 2.75) is 146 Å². The number of carbonyl (C=O) groups is 3. The van der Waals surface area contributed by atoms with E-state index in [2.05, 4.69) is 55.4 Å². The van der Waals surface area contributed by atoms with Gasteiger partial charge < -0.3 is 43.6 Å². The molecule has 1 aliphatic rings. The topological polar surface area (TPSA) is 274 Å². The number of rotatable bonds is 30. The van der Waals surface area contributed by atoms with Gasteiger partial charge in [0.2, 0.25) is 17.0 Å². The average Bonchev–Trinajstić information content (AvgIpc) is 1.04. The maximum Gasteiger partial charge on any atom is 0.321 e. The van der Waals surface area contributed by atoms with Crippen molar-refractivity contribution in [2.75, 3.05) is 22.2 Å². The Morgan fingerprint density at radius 3 is 2.15 bits per heavy atom. The molecular weight excluding hydrogens is 1270 g/mol. The number of fused-ring (bicyclic) bond motifs is 1. The van der Waals surface area contributed by atoms with Crippen LogP contribution in [0.3, 0.4) is 0 Å². The van der Waals surface area contributed by atoms with Gasteiger partial charge in [-0.25, -0.2) is 9.19 Å². The minimum absolute atomic E-state index is 0.00186. The van der Waals surface area contributed by atoms with Crippen LogP contribution in [0.15, 0.2) is 151 Å². The van der Waals surface area contributed by atoms with Gasteiger partial charge in [-0.3, -0.25) is 30.3 Å². The van der Waals surface area contributed by atoms with Crippen molar-refractivity contribution in [2.24, 2.45) is 5.92 Å². The van der Waals surface area contributed by atoms with Crippen molar-refractivity contribution in [1.29, 1.82) is 0 Å². The van der Waals surface area contributed by atoms with Crippen molar-refractivity contribution in [3.63, 3.8) is 0 Å². The number of nitrogens with one attached hydrogen (secondary N) is 4. The van der Waals surface area contributed by atoms with E-state index >= 15 is 0 Å². The number of esters is 1. The molecule has 9 rings (SSSR count). The highest BCUT2D eigenvalue weighted by molar-refractivity contribution is 8.03. The van der Waals surface area contributed by atoms with E-state index in [4.69, 9.17) is 30.6 Å². The molecule has 474 valence electrons. The highest BCUT2D eigenvalue weighted by Crippen LogP contribution is 2.51. The molecule has 8 aromatic rings. The Morgan fingerprint density at radius 1 is 0.798 bits per heavy atom. The van der Waals surface area contributed by atoms with Gasteiger partial charge in [-0.15, -0.1) is 10.2 Å². The summed E-state index contributed by atoms with van der Waals surface area (Å²) in [6.45, 7) is 10.9. The Bertz CT molecular complexity index is 3540. The molecule has 1 aliphatic heterocycles. The summed E-state index contributed by atoms with van der Waals surface area (Å²) < 4.78 is 40.2. The fourth-order valence-corrected chi connectivity index (χ4v) is 14.1. The van der Waals surface area contributed by atoms with Gasteiger partial charge in [0.1, 0.15) is 40.2 Å². The van der Waals surface area contributed by atoms with Gasteiger partial charge in [0.15, 0.2) is 23.1 Å². The molecule has 5 aromatic carbocycles. The number of benzene rings is 5. The minimum atomic E-state index is -1.75. The summed E-state index contributed by atoms with van der Waals surface area (Å²) in [6, 6.07) is 30.3. The molecule has 2 amide bonds. The Hall–Kier alpha value is -7.14. The van der Waals surface area contributed by atoms with Gasteiger partial charge in [0.05, 0.1) is 39.3 Å². The lowest BCUT2D eigenvalue weighted by Gasteiger charge is -2.30. The molecule has 0 bridgehead atoms. The van der Waals surface area contributed by atoms with Crippen molar-refractivity contribution in [3.8, 4) is 40.2 Å². The molecule has 27 heteroatoms. The number of hydrogen-bond acceptors (Lipinski definition) is 22. The number of aryl methyl sites for hydroxylation is 1. The number of amides is 2. The zero-order chi connectivity index (χ0) is 63.5. The molecule has 0 radical (unpaired) electrons. The van der Waals surface area contributed by atoms with Crippen LogP contribution < -0.4 is 34.6 Å². The lowest BCUT2D eigenvalue weighted by Crippen LogP contribution is -2.41. The number of hydrogen-bond donors (Lipinski definition) is 7. The fourth-order valence-electron chi connectivity index (χ4n) is 8.40. The van der Waals surface area contributed by atoms with Crippen LogP contribution in [0, 0.1) is 9.87 Å². The van der Waals surface area contributed by atoms with E-state index < -0.39 is 23.2 Å². The third kappa shape index (κ3) is 23.0. The van der Waals surface area contributed by atoms with Crippen LogP contribution in [0.4, 0.5) is 11.4 Å². The molecule has 4 heterocycles. The van der Waals surface area contributed by atoms with E-state index in [-0.39, 0.29) is 58.4 Å². The number of hydrazine groups is 1. The molecule has 0 fully saturated rings. The Balaban J connectivity index is 0.000000213. The normalized spacial score (nSPS) is 14.2.